The molecular formula is C15H23NO2. The molecule has 3 nitrogen and oxygen atoms in total. The van der Waals surface area contributed by atoms with Crippen molar-refractivity contribution in [3.8, 4) is 0 Å². The number of ether oxygens (including phenoxy) is 1. The average molecular weight is 249 g/mol. The topological polar surface area (TPSA) is 38.3 Å². The SMILES string of the molecule is CCCCNC(=O)C(OC(C)C)c1ccccc1. The van der Waals surface area contributed by atoms with E-state index in [1.165, 1.54) is 0 Å². The Morgan fingerprint density at radius 1 is 1.28 bits per heavy atom. The van der Waals surface area contributed by atoms with Crippen LogP contribution in [0.3, 0.4) is 0 Å². The number of carbonyl (C=O) groups is 1. The maximum Gasteiger partial charge on any atom is 0.253 e. The van der Waals surface area contributed by atoms with Gasteiger partial charge in [-0.3, -0.25) is 4.79 Å². The molecule has 1 amide bonds. The molecule has 1 atom stereocenters. The number of hydrogen-bond donors (Lipinski definition) is 1. The number of amides is 1. The van der Waals surface area contributed by atoms with Crippen molar-refractivity contribution in [3.63, 3.8) is 0 Å². The summed E-state index contributed by atoms with van der Waals surface area (Å²) in [5.41, 5.74) is 0.903. The van der Waals surface area contributed by atoms with Gasteiger partial charge < -0.3 is 10.1 Å². The molecule has 0 radical (unpaired) electrons. The van der Waals surface area contributed by atoms with Crippen molar-refractivity contribution in [2.45, 2.75) is 45.8 Å². The minimum Gasteiger partial charge on any atom is -0.361 e. The summed E-state index contributed by atoms with van der Waals surface area (Å²) < 4.78 is 5.72. The molecular weight excluding hydrogens is 226 g/mol. The van der Waals surface area contributed by atoms with E-state index in [1.807, 2.05) is 44.2 Å². The highest BCUT2D eigenvalue weighted by atomic mass is 16.5. The molecule has 1 rings (SSSR count). The van der Waals surface area contributed by atoms with E-state index in [2.05, 4.69) is 12.2 Å². The Bertz CT molecular complexity index is 349. The number of nitrogens with one attached hydrogen (secondary N) is 1. The van der Waals surface area contributed by atoms with Crippen LogP contribution >= 0.6 is 0 Å². The van der Waals surface area contributed by atoms with Crippen LogP contribution in [-0.2, 0) is 9.53 Å². The van der Waals surface area contributed by atoms with E-state index < -0.39 is 6.10 Å². The fourth-order valence-electron chi connectivity index (χ4n) is 1.67. The number of unbranched alkanes of at least 4 members (excludes halogenated alkanes) is 1. The molecule has 0 spiro atoms. The highest BCUT2D eigenvalue weighted by Crippen LogP contribution is 2.19. The van der Waals surface area contributed by atoms with Crippen LogP contribution in [-0.4, -0.2) is 18.6 Å². The van der Waals surface area contributed by atoms with Gasteiger partial charge in [-0.15, -0.1) is 0 Å². The fourth-order valence-corrected chi connectivity index (χ4v) is 1.67. The third-order valence-corrected chi connectivity index (χ3v) is 2.58. The molecule has 0 saturated heterocycles. The highest BCUT2D eigenvalue weighted by molar-refractivity contribution is 5.82. The van der Waals surface area contributed by atoms with Crippen molar-refractivity contribution in [3.05, 3.63) is 35.9 Å². The van der Waals surface area contributed by atoms with E-state index in [4.69, 9.17) is 4.74 Å². The minimum atomic E-state index is -0.511. The van der Waals surface area contributed by atoms with Gasteiger partial charge in [-0.2, -0.15) is 0 Å². The quantitative estimate of drug-likeness (QED) is 0.754. The predicted octanol–water partition coefficient (Wildman–Crippen LogP) is 3.07. The lowest BCUT2D eigenvalue weighted by atomic mass is 10.1. The Hall–Kier alpha value is -1.35. The molecule has 0 bridgehead atoms. The average Bonchev–Trinajstić information content (AvgIpc) is 2.37. The summed E-state index contributed by atoms with van der Waals surface area (Å²) in [6, 6.07) is 9.63. The molecule has 100 valence electrons. The summed E-state index contributed by atoms with van der Waals surface area (Å²) in [6.45, 7) is 6.69. The van der Waals surface area contributed by atoms with Crippen LogP contribution < -0.4 is 5.32 Å². The maximum atomic E-state index is 12.1. The largest absolute Gasteiger partial charge is 0.361 e. The lowest BCUT2D eigenvalue weighted by Crippen LogP contribution is -2.32. The second-order valence-electron chi connectivity index (χ2n) is 4.62. The molecule has 0 aromatic heterocycles. The zero-order valence-corrected chi connectivity index (χ0v) is 11.5. The van der Waals surface area contributed by atoms with Gasteiger partial charge in [0.2, 0.25) is 0 Å². The van der Waals surface area contributed by atoms with Gasteiger partial charge in [0.05, 0.1) is 6.10 Å². The summed E-state index contributed by atoms with van der Waals surface area (Å²) in [5, 5.41) is 2.92. The van der Waals surface area contributed by atoms with E-state index >= 15 is 0 Å². The molecule has 0 aliphatic heterocycles. The number of carbonyl (C=O) groups excluding carboxylic acids is 1. The molecule has 1 aromatic rings. The van der Waals surface area contributed by atoms with Crippen LogP contribution in [0.2, 0.25) is 0 Å². The van der Waals surface area contributed by atoms with Crippen molar-refractivity contribution in [1.29, 1.82) is 0 Å². The van der Waals surface area contributed by atoms with Gasteiger partial charge in [0.25, 0.3) is 5.91 Å². The van der Waals surface area contributed by atoms with E-state index in [9.17, 15) is 4.79 Å². The van der Waals surface area contributed by atoms with E-state index in [1.54, 1.807) is 0 Å². The standard InChI is InChI=1S/C15H23NO2/c1-4-5-11-16-15(17)14(18-12(2)3)13-9-7-6-8-10-13/h6-10,12,14H,4-5,11H2,1-3H3,(H,16,17). The van der Waals surface area contributed by atoms with Gasteiger partial charge in [-0.05, 0) is 25.8 Å². The Morgan fingerprint density at radius 3 is 2.50 bits per heavy atom. The number of rotatable bonds is 7. The van der Waals surface area contributed by atoms with Crippen molar-refractivity contribution in [2.24, 2.45) is 0 Å². The second-order valence-corrected chi connectivity index (χ2v) is 4.62. The highest BCUT2D eigenvalue weighted by Gasteiger charge is 2.21. The summed E-state index contributed by atoms with van der Waals surface area (Å²) >= 11 is 0. The van der Waals surface area contributed by atoms with Crippen LogP contribution in [0.5, 0.6) is 0 Å². The van der Waals surface area contributed by atoms with E-state index in [0.29, 0.717) is 6.54 Å². The van der Waals surface area contributed by atoms with Crippen LogP contribution in [0.15, 0.2) is 30.3 Å². The zero-order valence-electron chi connectivity index (χ0n) is 11.5. The summed E-state index contributed by atoms with van der Waals surface area (Å²) in [5.74, 6) is -0.0525. The van der Waals surface area contributed by atoms with Crippen molar-refractivity contribution < 1.29 is 9.53 Å². The van der Waals surface area contributed by atoms with Crippen LogP contribution in [0.25, 0.3) is 0 Å². The molecule has 18 heavy (non-hydrogen) atoms. The Kier molecular flexibility index (Phi) is 6.44. The molecule has 0 aliphatic carbocycles. The summed E-state index contributed by atoms with van der Waals surface area (Å²) in [4.78, 5) is 12.1. The van der Waals surface area contributed by atoms with Gasteiger partial charge in [-0.1, -0.05) is 43.7 Å². The van der Waals surface area contributed by atoms with E-state index in [0.717, 1.165) is 18.4 Å². The Morgan fingerprint density at radius 2 is 1.94 bits per heavy atom. The van der Waals surface area contributed by atoms with E-state index in [-0.39, 0.29) is 12.0 Å². The lowest BCUT2D eigenvalue weighted by molar-refractivity contribution is -0.136. The van der Waals surface area contributed by atoms with Gasteiger partial charge in [0, 0.05) is 6.54 Å². The van der Waals surface area contributed by atoms with Crippen LogP contribution in [0, 0.1) is 0 Å². The molecule has 0 aliphatic rings. The fraction of sp³-hybridized carbons (Fsp3) is 0.533. The molecule has 1 N–H and O–H groups in total. The van der Waals surface area contributed by atoms with Gasteiger partial charge in [0.1, 0.15) is 0 Å². The van der Waals surface area contributed by atoms with Gasteiger partial charge >= 0.3 is 0 Å². The second kappa shape index (κ2) is 7.88. The number of hydrogen-bond acceptors (Lipinski definition) is 2. The number of benzene rings is 1. The first-order valence-electron chi connectivity index (χ1n) is 6.63. The third-order valence-electron chi connectivity index (χ3n) is 2.58. The van der Waals surface area contributed by atoms with Crippen LogP contribution in [0.4, 0.5) is 0 Å². The Labute approximate surface area is 110 Å². The maximum absolute atomic E-state index is 12.1. The van der Waals surface area contributed by atoms with Gasteiger partial charge in [0.15, 0.2) is 6.10 Å². The first-order valence-corrected chi connectivity index (χ1v) is 6.63. The molecule has 1 unspecified atom stereocenters. The summed E-state index contributed by atoms with van der Waals surface area (Å²) in [7, 11) is 0. The first kappa shape index (κ1) is 14.7. The lowest BCUT2D eigenvalue weighted by Gasteiger charge is -2.20. The molecule has 1 aromatic carbocycles. The normalized spacial score (nSPS) is 12.4. The predicted molar refractivity (Wildman–Crippen MR) is 73.3 cm³/mol. The summed E-state index contributed by atoms with van der Waals surface area (Å²) in [6.07, 6.45) is 1.58. The molecule has 0 fully saturated rings. The first-order chi connectivity index (χ1) is 8.65. The van der Waals surface area contributed by atoms with Crippen molar-refractivity contribution in [2.75, 3.05) is 6.54 Å². The molecule has 0 saturated carbocycles. The third kappa shape index (κ3) is 4.88. The monoisotopic (exact) mass is 249 g/mol. The van der Waals surface area contributed by atoms with Crippen molar-refractivity contribution in [1.82, 2.24) is 5.32 Å². The minimum absolute atomic E-state index is 0.0205. The smallest absolute Gasteiger partial charge is 0.253 e. The Balaban J connectivity index is 2.69. The zero-order chi connectivity index (χ0) is 13.4. The molecule has 3 heteroatoms. The van der Waals surface area contributed by atoms with Crippen molar-refractivity contribution >= 4 is 5.91 Å². The molecule has 0 heterocycles. The van der Waals surface area contributed by atoms with Gasteiger partial charge in [-0.25, -0.2) is 0 Å². The van der Waals surface area contributed by atoms with Crippen LogP contribution in [0.1, 0.15) is 45.3 Å².